The molecule has 3 aromatic carbocycles. The zero-order valence-corrected chi connectivity index (χ0v) is 21.1. The summed E-state index contributed by atoms with van der Waals surface area (Å²) in [7, 11) is -3.75. The number of hydrogen-bond acceptors (Lipinski definition) is 3. The number of rotatable bonds is 13. The fourth-order valence-electron chi connectivity index (χ4n) is 4.02. The maximum Gasteiger partial charge on any atom is 0.240 e. The summed E-state index contributed by atoms with van der Waals surface area (Å²) in [4.78, 5) is 2.43. The Kier molecular flexibility index (Phi) is 9.79. The van der Waals surface area contributed by atoms with E-state index in [2.05, 4.69) is 28.9 Å². The van der Waals surface area contributed by atoms with Gasteiger partial charge in [0.15, 0.2) is 0 Å². The molecule has 0 aliphatic carbocycles. The van der Waals surface area contributed by atoms with Gasteiger partial charge in [-0.25, -0.2) is 13.1 Å². The molecule has 0 unspecified atom stereocenters. The fourth-order valence-corrected chi connectivity index (χ4v) is 5.27. The van der Waals surface area contributed by atoms with Crippen molar-refractivity contribution in [2.75, 3.05) is 13.1 Å². The number of nitrogens with one attached hydrogen (secondary N) is 1. The van der Waals surface area contributed by atoms with E-state index in [-0.39, 0.29) is 10.9 Å². The van der Waals surface area contributed by atoms with Crippen molar-refractivity contribution in [1.82, 2.24) is 9.62 Å². The van der Waals surface area contributed by atoms with Crippen LogP contribution in [0.3, 0.4) is 0 Å². The first-order valence-corrected chi connectivity index (χ1v) is 13.2. The second-order valence-corrected chi connectivity index (χ2v) is 10.2. The summed E-state index contributed by atoms with van der Waals surface area (Å²) in [6.45, 7) is 11.0. The van der Waals surface area contributed by atoms with Crippen molar-refractivity contribution in [3.05, 3.63) is 133 Å². The normalized spacial score (nSPS) is 13.5. The lowest BCUT2D eigenvalue weighted by atomic mass is 9.97. The predicted octanol–water partition coefficient (Wildman–Crippen LogP) is 5.64. The van der Waals surface area contributed by atoms with Gasteiger partial charge in [0.05, 0.1) is 4.90 Å². The molecule has 0 aromatic heterocycles. The molecule has 0 fully saturated rings. The minimum atomic E-state index is -3.75. The van der Waals surface area contributed by atoms with Crippen LogP contribution in [0.15, 0.2) is 121 Å². The van der Waals surface area contributed by atoms with E-state index in [1.54, 1.807) is 12.1 Å². The average Bonchev–Trinajstić information content (AvgIpc) is 2.85. The molecule has 0 aliphatic heterocycles. The Bertz CT molecular complexity index is 1190. The highest BCUT2D eigenvalue weighted by Crippen LogP contribution is 2.19. The Labute approximate surface area is 210 Å². The van der Waals surface area contributed by atoms with E-state index in [1.165, 1.54) is 0 Å². The summed E-state index contributed by atoms with van der Waals surface area (Å²) < 4.78 is 30.0. The van der Waals surface area contributed by atoms with Gasteiger partial charge in [-0.3, -0.25) is 4.90 Å². The van der Waals surface area contributed by atoms with Crippen LogP contribution < -0.4 is 4.72 Å². The van der Waals surface area contributed by atoms with Crippen LogP contribution in [-0.4, -0.2) is 38.5 Å². The maximum atomic E-state index is 13.5. The molecule has 4 nitrogen and oxygen atoms in total. The summed E-state index contributed by atoms with van der Waals surface area (Å²) >= 11 is 0. The number of aryl methyl sites for hydroxylation is 1. The summed E-state index contributed by atoms with van der Waals surface area (Å²) in [5.74, 6) is 0. The SMILES string of the molecule is C=CCN(CC=C)[C@H](/C=C/c1ccccc1)[C@H](Cc1ccccc1)NS(=O)(=O)c1ccc(C)cc1. The molecule has 0 saturated heterocycles. The lowest BCUT2D eigenvalue weighted by molar-refractivity contribution is 0.240. The quantitative estimate of drug-likeness (QED) is 0.318. The van der Waals surface area contributed by atoms with E-state index < -0.39 is 16.1 Å². The minimum absolute atomic E-state index is 0.244. The average molecular weight is 487 g/mol. The Morgan fingerprint density at radius 3 is 2.00 bits per heavy atom. The molecule has 2 atom stereocenters. The highest BCUT2D eigenvalue weighted by Gasteiger charge is 2.29. The van der Waals surface area contributed by atoms with Crippen molar-refractivity contribution in [3.63, 3.8) is 0 Å². The monoisotopic (exact) mass is 486 g/mol. The highest BCUT2D eigenvalue weighted by atomic mass is 32.2. The molecule has 182 valence electrons. The third-order valence-corrected chi connectivity index (χ3v) is 7.29. The van der Waals surface area contributed by atoms with Crippen molar-refractivity contribution < 1.29 is 8.42 Å². The summed E-state index contributed by atoms with van der Waals surface area (Å²) in [5.41, 5.74) is 3.12. The van der Waals surface area contributed by atoms with Gasteiger partial charge in [0.2, 0.25) is 10.0 Å². The van der Waals surface area contributed by atoms with Gasteiger partial charge in [0.25, 0.3) is 0 Å². The molecule has 3 rings (SSSR count). The largest absolute Gasteiger partial charge is 0.288 e. The molecule has 0 amide bonds. The van der Waals surface area contributed by atoms with E-state index in [1.807, 2.05) is 97.9 Å². The van der Waals surface area contributed by atoms with Crippen LogP contribution in [0, 0.1) is 6.92 Å². The van der Waals surface area contributed by atoms with Crippen LogP contribution >= 0.6 is 0 Å². The van der Waals surface area contributed by atoms with Crippen LogP contribution in [0.5, 0.6) is 0 Å². The number of hydrogen-bond donors (Lipinski definition) is 1. The zero-order chi connectivity index (χ0) is 25.1. The molecule has 0 spiro atoms. The molecule has 35 heavy (non-hydrogen) atoms. The van der Waals surface area contributed by atoms with Gasteiger partial charge < -0.3 is 0 Å². The van der Waals surface area contributed by atoms with Crippen LogP contribution in [0.4, 0.5) is 0 Å². The van der Waals surface area contributed by atoms with Crippen LogP contribution in [0.2, 0.25) is 0 Å². The number of benzene rings is 3. The van der Waals surface area contributed by atoms with E-state index >= 15 is 0 Å². The zero-order valence-electron chi connectivity index (χ0n) is 20.3. The van der Waals surface area contributed by atoms with Crippen molar-refractivity contribution in [3.8, 4) is 0 Å². The van der Waals surface area contributed by atoms with Crippen molar-refractivity contribution in [2.45, 2.75) is 30.3 Å². The Morgan fingerprint density at radius 2 is 1.43 bits per heavy atom. The van der Waals surface area contributed by atoms with Gasteiger partial charge in [-0.05, 0) is 36.6 Å². The van der Waals surface area contributed by atoms with Gasteiger partial charge in [-0.15, -0.1) is 13.2 Å². The third kappa shape index (κ3) is 7.89. The van der Waals surface area contributed by atoms with E-state index in [9.17, 15) is 8.42 Å². The molecule has 5 heteroatoms. The topological polar surface area (TPSA) is 49.4 Å². The minimum Gasteiger partial charge on any atom is -0.288 e. The molecule has 0 radical (unpaired) electrons. The molecule has 0 heterocycles. The van der Waals surface area contributed by atoms with Crippen LogP contribution in [-0.2, 0) is 16.4 Å². The molecular weight excluding hydrogens is 452 g/mol. The second-order valence-electron chi connectivity index (χ2n) is 8.52. The number of nitrogens with zero attached hydrogens (tertiary/aromatic N) is 1. The van der Waals surface area contributed by atoms with Crippen molar-refractivity contribution in [1.29, 1.82) is 0 Å². The molecule has 1 N–H and O–H groups in total. The van der Waals surface area contributed by atoms with E-state index in [0.29, 0.717) is 19.5 Å². The summed E-state index contributed by atoms with van der Waals surface area (Å²) in [6, 6.07) is 26.2. The first-order valence-electron chi connectivity index (χ1n) is 11.7. The van der Waals surface area contributed by atoms with Gasteiger partial charge in [-0.2, -0.15) is 0 Å². The smallest absolute Gasteiger partial charge is 0.240 e. The molecular formula is C30H34N2O2S. The van der Waals surface area contributed by atoms with Gasteiger partial charge >= 0.3 is 0 Å². The highest BCUT2D eigenvalue weighted by molar-refractivity contribution is 7.89. The molecule has 0 aliphatic rings. The lowest BCUT2D eigenvalue weighted by Gasteiger charge is -2.35. The molecule has 0 bridgehead atoms. The first kappa shape index (κ1) is 26.4. The van der Waals surface area contributed by atoms with Crippen molar-refractivity contribution in [2.24, 2.45) is 0 Å². The molecule has 3 aromatic rings. The summed E-state index contributed by atoms with van der Waals surface area (Å²) in [5, 5.41) is 0. The van der Waals surface area contributed by atoms with Gasteiger partial charge in [-0.1, -0.05) is 103 Å². The number of sulfonamides is 1. The van der Waals surface area contributed by atoms with Gasteiger partial charge in [0.1, 0.15) is 0 Å². The van der Waals surface area contributed by atoms with E-state index in [0.717, 1.165) is 16.7 Å². The fraction of sp³-hybridized carbons (Fsp3) is 0.200. The predicted molar refractivity (Wildman–Crippen MR) is 147 cm³/mol. The lowest BCUT2D eigenvalue weighted by Crippen LogP contribution is -2.52. The van der Waals surface area contributed by atoms with Gasteiger partial charge in [0, 0.05) is 25.2 Å². The standard InChI is InChI=1S/C30H34N2O2S/c1-4-22-32(23-5-2)30(21-18-26-12-8-6-9-13-26)29(24-27-14-10-7-11-15-27)31-35(33,34)28-19-16-25(3)17-20-28/h4-21,29-31H,1-2,22-24H2,3H3/b21-18+/t29-,30+/m0/s1. The Hall–Kier alpha value is -3.25. The van der Waals surface area contributed by atoms with Crippen molar-refractivity contribution >= 4 is 16.1 Å². The second kappa shape index (κ2) is 13.0. The maximum absolute atomic E-state index is 13.5. The first-order chi connectivity index (χ1) is 16.9. The van der Waals surface area contributed by atoms with E-state index in [4.69, 9.17) is 0 Å². The Balaban J connectivity index is 2.04. The third-order valence-electron chi connectivity index (χ3n) is 5.78. The summed E-state index contributed by atoms with van der Waals surface area (Å²) in [6.07, 6.45) is 8.32. The Morgan fingerprint density at radius 1 is 0.857 bits per heavy atom. The molecule has 0 saturated carbocycles. The van der Waals surface area contributed by atoms with Crippen LogP contribution in [0.25, 0.3) is 6.08 Å². The van der Waals surface area contributed by atoms with Crippen LogP contribution in [0.1, 0.15) is 16.7 Å².